The van der Waals surface area contributed by atoms with E-state index in [1.54, 1.807) is 0 Å². The van der Waals surface area contributed by atoms with Crippen LogP contribution in [-0.2, 0) is 9.31 Å². The topological polar surface area (TPSA) is 36.3 Å². The third-order valence-corrected chi connectivity index (χ3v) is 6.90. The number of hydrogen-bond acceptors (Lipinski definition) is 3. The predicted molar refractivity (Wildman–Crippen MR) is 103 cm³/mol. The molecule has 118 valence electrons. The van der Waals surface area contributed by atoms with Gasteiger partial charge in [0.05, 0.1) is 29.3 Å². The standard InChI is InChI=1S/C15H21BIN2O2P/c1-9-7-12-11(8-18-19(12)22-17)13(10(9)2)16-20-14(3,4)15(5,6)21-16/h7-8,22H,1-6H3. The van der Waals surface area contributed by atoms with Crippen LogP contribution < -0.4 is 5.46 Å². The summed E-state index contributed by atoms with van der Waals surface area (Å²) in [4.78, 5) is 0. The number of aromatic nitrogens is 2. The molecule has 1 fully saturated rings. The zero-order valence-corrected chi connectivity index (χ0v) is 17.0. The van der Waals surface area contributed by atoms with E-state index in [2.05, 4.69) is 74.7 Å². The van der Waals surface area contributed by atoms with Crippen LogP contribution in [0.3, 0.4) is 0 Å². The van der Waals surface area contributed by atoms with E-state index in [0.29, 0.717) is 6.37 Å². The fraction of sp³-hybridized carbons (Fsp3) is 0.533. The summed E-state index contributed by atoms with van der Waals surface area (Å²) >= 11 is 2.36. The van der Waals surface area contributed by atoms with Gasteiger partial charge in [0.2, 0.25) is 0 Å². The van der Waals surface area contributed by atoms with Crippen LogP contribution in [0.25, 0.3) is 10.9 Å². The normalized spacial score (nSPS) is 20.6. The van der Waals surface area contributed by atoms with E-state index in [9.17, 15) is 0 Å². The van der Waals surface area contributed by atoms with Gasteiger partial charge in [0, 0.05) is 5.39 Å². The Labute approximate surface area is 146 Å². The lowest BCUT2D eigenvalue weighted by Crippen LogP contribution is -2.41. The van der Waals surface area contributed by atoms with E-state index in [1.807, 2.05) is 10.6 Å². The Kier molecular flexibility index (Phi) is 4.12. The summed E-state index contributed by atoms with van der Waals surface area (Å²) in [7, 11) is -0.345. The van der Waals surface area contributed by atoms with Gasteiger partial charge in [-0.1, -0.05) is 0 Å². The van der Waals surface area contributed by atoms with Crippen LogP contribution in [0.4, 0.5) is 0 Å². The third-order valence-electron chi connectivity index (χ3n) is 5.01. The average molecular weight is 430 g/mol. The Morgan fingerprint density at radius 1 is 1.18 bits per heavy atom. The highest BCUT2D eigenvalue weighted by molar-refractivity contribution is 14.2. The number of fused-ring (bicyclic) bond motifs is 1. The molecular formula is C15H21BIN2O2P. The van der Waals surface area contributed by atoms with Crippen LogP contribution in [0.2, 0.25) is 0 Å². The summed E-state index contributed by atoms with van der Waals surface area (Å²) in [5, 5.41) is 5.64. The largest absolute Gasteiger partial charge is 0.495 e. The molecule has 2 aromatic rings. The molecule has 1 aromatic heterocycles. The molecule has 1 atom stereocenters. The number of hydrogen-bond donors (Lipinski definition) is 0. The van der Waals surface area contributed by atoms with Gasteiger partial charge in [0.25, 0.3) is 0 Å². The molecule has 0 saturated carbocycles. The maximum Gasteiger partial charge on any atom is 0.495 e. The van der Waals surface area contributed by atoms with Crippen molar-refractivity contribution in [3.63, 3.8) is 0 Å². The molecule has 1 aliphatic rings. The molecular weight excluding hydrogens is 409 g/mol. The maximum atomic E-state index is 6.28. The summed E-state index contributed by atoms with van der Waals surface area (Å²) in [5.74, 6) is 0. The molecule has 0 aliphatic carbocycles. The van der Waals surface area contributed by atoms with E-state index in [-0.39, 0.29) is 18.3 Å². The number of halogens is 1. The second-order valence-corrected chi connectivity index (χ2v) is 8.93. The minimum Gasteiger partial charge on any atom is -0.399 e. The van der Waals surface area contributed by atoms with E-state index in [4.69, 9.17) is 9.31 Å². The van der Waals surface area contributed by atoms with Gasteiger partial charge >= 0.3 is 7.12 Å². The van der Waals surface area contributed by atoms with Gasteiger partial charge in [-0.15, -0.1) is 0 Å². The molecule has 22 heavy (non-hydrogen) atoms. The molecule has 3 rings (SSSR count). The molecule has 0 spiro atoms. The molecule has 2 heterocycles. The van der Waals surface area contributed by atoms with Crippen LogP contribution in [0.15, 0.2) is 12.3 Å². The molecule has 1 aliphatic heterocycles. The Morgan fingerprint density at radius 3 is 2.32 bits per heavy atom. The highest BCUT2D eigenvalue weighted by atomic mass is 127. The summed E-state index contributed by atoms with van der Waals surface area (Å²) in [6.07, 6.45) is 2.52. The Morgan fingerprint density at radius 2 is 1.77 bits per heavy atom. The van der Waals surface area contributed by atoms with Gasteiger partial charge in [0.1, 0.15) is 0 Å². The molecule has 1 unspecified atom stereocenters. The Balaban J connectivity index is 2.19. The second-order valence-electron chi connectivity index (χ2n) is 6.89. The quantitative estimate of drug-likeness (QED) is 0.414. The summed E-state index contributed by atoms with van der Waals surface area (Å²) < 4.78 is 14.6. The molecule has 0 radical (unpaired) electrons. The summed E-state index contributed by atoms with van der Waals surface area (Å²) in [6, 6.07) is 2.21. The molecule has 1 saturated heterocycles. The van der Waals surface area contributed by atoms with Crippen molar-refractivity contribution < 1.29 is 9.31 Å². The fourth-order valence-electron chi connectivity index (χ4n) is 2.76. The molecule has 0 N–H and O–H groups in total. The van der Waals surface area contributed by atoms with Crippen molar-refractivity contribution in [1.82, 2.24) is 9.55 Å². The van der Waals surface area contributed by atoms with Crippen molar-refractivity contribution in [3.05, 3.63) is 23.4 Å². The zero-order chi connectivity index (χ0) is 16.3. The minimum atomic E-state index is -0.345. The van der Waals surface area contributed by atoms with Crippen LogP contribution in [0.5, 0.6) is 0 Å². The first-order valence-electron chi connectivity index (χ1n) is 7.38. The van der Waals surface area contributed by atoms with Gasteiger partial charge in [-0.3, -0.25) is 0 Å². The Bertz CT molecular complexity index is 729. The van der Waals surface area contributed by atoms with Crippen LogP contribution in [-0.4, -0.2) is 27.9 Å². The first-order valence-corrected chi connectivity index (χ1v) is 11.4. The van der Waals surface area contributed by atoms with Crippen molar-refractivity contribution >= 4 is 51.9 Å². The highest BCUT2D eigenvalue weighted by Gasteiger charge is 2.52. The van der Waals surface area contributed by atoms with Crippen LogP contribution in [0.1, 0.15) is 38.8 Å². The fourth-order valence-corrected chi connectivity index (χ4v) is 4.29. The second kappa shape index (κ2) is 5.44. The minimum absolute atomic E-state index is 0.332. The molecule has 0 amide bonds. The number of benzene rings is 1. The Hall–Kier alpha value is -0.165. The zero-order valence-electron chi connectivity index (χ0n) is 13.8. The first-order chi connectivity index (χ1) is 10.2. The van der Waals surface area contributed by atoms with Crippen molar-refractivity contribution in [2.24, 2.45) is 0 Å². The molecule has 0 bridgehead atoms. The maximum absolute atomic E-state index is 6.28. The van der Waals surface area contributed by atoms with Gasteiger partial charge in [-0.05, 0) is 86.2 Å². The smallest absolute Gasteiger partial charge is 0.399 e. The van der Waals surface area contributed by atoms with Crippen molar-refractivity contribution in [2.75, 3.05) is 0 Å². The third kappa shape index (κ3) is 2.43. The van der Waals surface area contributed by atoms with Crippen molar-refractivity contribution in [1.29, 1.82) is 0 Å². The number of aryl methyl sites for hydroxylation is 1. The van der Waals surface area contributed by atoms with E-state index in [1.165, 1.54) is 11.1 Å². The lowest BCUT2D eigenvalue weighted by Gasteiger charge is -2.32. The lowest BCUT2D eigenvalue weighted by atomic mass is 9.73. The van der Waals surface area contributed by atoms with Gasteiger partial charge in [-0.2, -0.15) is 5.10 Å². The first kappa shape index (κ1) is 16.7. The van der Waals surface area contributed by atoms with Gasteiger partial charge < -0.3 is 9.31 Å². The van der Waals surface area contributed by atoms with Gasteiger partial charge in [0.15, 0.2) is 0 Å². The van der Waals surface area contributed by atoms with Crippen molar-refractivity contribution in [2.45, 2.75) is 52.7 Å². The van der Waals surface area contributed by atoms with Gasteiger partial charge in [-0.25, -0.2) is 4.45 Å². The predicted octanol–water partition coefficient (Wildman–Crippen LogP) is 3.74. The summed E-state index contributed by atoms with van der Waals surface area (Å²) in [6.45, 7) is 12.6. The van der Waals surface area contributed by atoms with Crippen LogP contribution in [0, 0.1) is 13.8 Å². The highest BCUT2D eigenvalue weighted by Crippen LogP contribution is 2.38. The monoisotopic (exact) mass is 430 g/mol. The number of rotatable bonds is 2. The lowest BCUT2D eigenvalue weighted by molar-refractivity contribution is 0.00578. The molecule has 7 heteroatoms. The van der Waals surface area contributed by atoms with E-state index < -0.39 is 0 Å². The van der Waals surface area contributed by atoms with E-state index in [0.717, 1.165) is 16.4 Å². The van der Waals surface area contributed by atoms with Crippen molar-refractivity contribution in [3.8, 4) is 0 Å². The average Bonchev–Trinajstić information content (AvgIpc) is 2.89. The van der Waals surface area contributed by atoms with E-state index >= 15 is 0 Å². The number of nitrogens with zero attached hydrogens (tertiary/aromatic N) is 2. The van der Waals surface area contributed by atoms with Crippen LogP contribution >= 0.6 is 28.4 Å². The molecule has 4 nitrogen and oxygen atoms in total. The molecule has 1 aromatic carbocycles. The SMILES string of the molecule is Cc1cc2c(cnn2PI)c(B2OC(C)(C)C(C)(C)O2)c1C. The summed E-state index contributed by atoms with van der Waals surface area (Å²) in [5.41, 5.74) is 4.08.